The van der Waals surface area contributed by atoms with E-state index in [0.717, 1.165) is 47.8 Å². The van der Waals surface area contributed by atoms with E-state index in [9.17, 15) is 18.0 Å². The van der Waals surface area contributed by atoms with E-state index in [4.69, 9.17) is 32.0 Å². The number of aliphatic carboxylic acids is 2. The number of sulfone groups is 1. The van der Waals surface area contributed by atoms with E-state index in [-0.39, 0.29) is 5.75 Å². The number of aliphatic hydroxyl groups excluding tert-OH is 2. The number of rotatable bonds is 9. The Balaban J connectivity index is 0.000000455. The third-order valence-electron chi connectivity index (χ3n) is 6.37. The summed E-state index contributed by atoms with van der Waals surface area (Å²) < 4.78 is 23.9. The summed E-state index contributed by atoms with van der Waals surface area (Å²) >= 11 is 6.49. The molecule has 1 heterocycles. The van der Waals surface area contributed by atoms with Gasteiger partial charge >= 0.3 is 11.9 Å². The molecule has 2 aromatic rings. The molecule has 1 aliphatic rings. The van der Waals surface area contributed by atoms with Crippen molar-refractivity contribution in [3.63, 3.8) is 0 Å². The van der Waals surface area contributed by atoms with Crippen molar-refractivity contribution >= 4 is 39.1 Å². The van der Waals surface area contributed by atoms with E-state index in [0.29, 0.717) is 13.0 Å². The number of aryl methyl sites for hydroxylation is 1. The number of nitrogens with one attached hydrogen (secondary N) is 2. The van der Waals surface area contributed by atoms with Crippen molar-refractivity contribution in [2.75, 3.05) is 24.2 Å². The van der Waals surface area contributed by atoms with Crippen LogP contribution in [0.4, 0.5) is 5.69 Å². The summed E-state index contributed by atoms with van der Waals surface area (Å²) in [5.41, 5.74) is 5.89. The molecule has 39 heavy (non-hydrogen) atoms. The summed E-state index contributed by atoms with van der Waals surface area (Å²) in [6.07, 6.45) is -2.00. The van der Waals surface area contributed by atoms with Crippen LogP contribution in [0.15, 0.2) is 36.4 Å². The highest BCUT2D eigenvalue weighted by Gasteiger charge is 2.29. The van der Waals surface area contributed by atoms with Crippen molar-refractivity contribution in [2.45, 2.75) is 63.5 Å². The first-order valence-corrected chi connectivity index (χ1v) is 14.5. The van der Waals surface area contributed by atoms with Gasteiger partial charge in [-0.05, 0) is 81.4 Å². The van der Waals surface area contributed by atoms with Crippen molar-refractivity contribution < 1.29 is 38.4 Å². The number of halogens is 1. The van der Waals surface area contributed by atoms with Gasteiger partial charge in [0.15, 0.2) is 22.0 Å². The summed E-state index contributed by atoms with van der Waals surface area (Å²) in [4.78, 5) is 19.5. The lowest BCUT2D eigenvalue weighted by molar-refractivity contribution is -0.165. The zero-order valence-electron chi connectivity index (χ0n) is 22.3. The number of fused-ring (bicyclic) bond motifs is 1. The van der Waals surface area contributed by atoms with Gasteiger partial charge in [-0.3, -0.25) is 0 Å². The Labute approximate surface area is 233 Å². The third kappa shape index (κ3) is 9.47. The number of carboxylic acid groups (broad SMARTS) is 2. The van der Waals surface area contributed by atoms with Gasteiger partial charge in [-0.1, -0.05) is 41.9 Å². The maximum absolute atomic E-state index is 12.3. The zero-order chi connectivity index (χ0) is 29.4. The predicted molar refractivity (Wildman–Crippen MR) is 150 cm³/mol. The molecule has 6 N–H and O–H groups in total. The summed E-state index contributed by atoms with van der Waals surface area (Å²) in [7, 11) is -3.10. The second-order valence-electron chi connectivity index (χ2n) is 10.2. The molecule has 0 aliphatic carbocycles. The standard InChI is InChI=1S/C23H31ClN2O2S.C4H6O6/c1-23(2,3)29(27,28)15-12-17-4-6-18(7-5-17)16-26-22-20-11-14-25-13-10-19(20)8-9-21(22)24;5-1(3(7)8)2(6)4(9)10/h4-9,25-26H,10-16H2,1-3H3;1-2,5-6H,(H,7,8)(H,9,10)/t;1-,2-/m.1/s1. The van der Waals surface area contributed by atoms with E-state index in [1.807, 2.05) is 18.2 Å². The van der Waals surface area contributed by atoms with Gasteiger partial charge in [0, 0.05) is 6.54 Å². The first-order chi connectivity index (χ1) is 18.1. The Kier molecular flexibility index (Phi) is 11.7. The highest BCUT2D eigenvalue weighted by molar-refractivity contribution is 7.92. The molecule has 0 aromatic heterocycles. The molecule has 1 aliphatic heterocycles. The topological polar surface area (TPSA) is 173 Å². The van der Waals surface area contributed by atoms with E-state index in [1.54, 1.807) is 20.8 Å². The normalized spacial score (nSPS) is 15.1. The molecule has 0 saturated carbocycles. The van der Waals surface area contributed by atoms with E-state index < -0.39 is 38.7 Å². The smallest absolute Gasteiger partial charge is 0.335 e. The fourth-order valence-corrected chi connectivity index (χ4v) is 5.14. The van der Waals surface area contributed by atoms with Gasteiger partial charge in [-0.15, -0.1) is 0 Å². The van der Waals surface area contributed by atoms with Gasteiger partial charge in [-0.25, -0.2) is 18.0 Å². The van der Waals surface area contributed by atoms with Crippen LogP contribution in [0.1, 0.15) is 43.0 Å². The molecule has 0 amide bonds. The molecule has 0 unspecified atom stereocenters. The third-order valence-corrected chi connectivity index (χ3v) is 9.29. The molecule has 12 heteroatoms. The number of aliphatic hydroxyl groups is 2. The molecule has 0 saturated heterocycles. The van der Waals surface area contributed by atoms with Gasteiger partial charge in [0.1, 0.15) is 0 Å². The quantitative estimate of drug-likeness (QED) is 0.257. The average molecular weight is 585 g/mol. The average Bonchev–Trinajstić information content (AvgIpc) is 3.12. The Morgan fingerprint density at radius 3 is 2.03 bits per heavy atom. The lowest BCUT2D eigenvalue weighted by Gasteiger charge is -2.19. The van der Waals surface area contributed by atoms with Crippen LogP contribution < -0.4 is 10.6 Å². The predicted octanol–water partition coefficient (Wildman–Crippen LogP) is 2.27. The Morgan fingerprint density at radius 1 is 0.949 bits per heavy atom. The molecule has 0 bridgehead atoms. The van der Waals surface area contributed by atoms with E-state index in [1.165, 1.54) is 11.1 Å². The molecular weight excluding hydrogens is 548 g/mol. The lowest BCUT2D eigenvalue weighted by Crippen LogP contribution is -2.39. The van der Waals surface area contributed by atoms with Crippen LogP contribution in [-0.4, -0.2) is 76.6 Å². The van der Waals surface area contributed by atoms with Crippen molar-refractivity contribution in [2.24, 2.45) is 0 Å². The fraction of sp³-hybridized carbons (Fsp3) is 0.481. The molecule has 2 aromatic carbocycles. The van der Waals surface area contributed by atoms with Gasteiger partial charge < -0.3 is 31.1 Å². The zero-order valence-corrected chi connectivity index (χ0v) is 23.8. The van der Waals surface area contributed by atoms with Crippen LogP contribution in [0.3, 0.4) is 0 Å². The monoisotopic (exact) mass is 584 g/mol. The molecule has 0 spiro atoms. The van der Waals surface area contributed by atoms with Crippen molar-refractivity contribution in [3.8, 4) is 0 Å². The van der Waals surface area contributed by atoms with Gasteiger partial charge in [0.25, 0.3) is 0 Å². The molecule has 216 valence electrons. The maximum atomic E-state index is 12.3. The Bertz CT molecular complexity index is 1230. The first-order valence-electron chi connectivity index (χ1n) is 12.5. The SMILES string of the molecule is CC(C)(C)S(=O)(=O)CCc1ccc(CNc2c(Cl)ccc3c2CCNCC3)cc1.O=C(O)[C@H](O)[C@@H](O)C(=O)O. The van der Waals surface area contributed by atoms with Crippen molar-refractivity contribution in [1.82, 2.24) is 5.32 Å². The van der Waals surface area contributed by atoms with Gasteiger partial charge in [-0.2, -0.15) is 0 Å². The number of hydrogen-bond acceptors (Lipinski definition) is 8. The van der Waals surface area contributed by atoms with Crippen LogP contribution in [-0.2, 0) is 45.2 Å². The molecule has 10 nitrogen and oxygen atoms in total. The van der Waals surface area contributed by atoms with Crippen molar-refractivity contribution in [1.29, 1.82) is 0 Å². The summed E-state index contributed by atoms with van der Waals surface area (Å²) in [6, 6.07) is 12.3. The van der Waals surface area contributed by atoms with Crippen LogP contribution >= 0.6 is 11.6 Å². The largest absolute Gasteiger partial charge is 0.479 e. The van der Waals surface area contributed by atoms with Crippen molar-refractivity contribution in [3.05, 3.63) is 63.7 Å². The molecular formula is C27H37ClN2O8S. The maximum Gasteiger partial charge on any atom is 0.335 e. The minimum absolute atomic E-state index is 0.174. The Morgan fingerprint density at radius 2 is 1.49 bits per heavy atom. The second-order valence-corrected chi connectivity index (χ2v) is 13.5. The molecule has 3 rings (SSSR count). The highest BCUT2D eigenvalue weighted by atomic mass is 35.5. The summed E-state index contributed by atoms with van der Waals surface area (Å²) in [6.45, 7) is 7.91. The summed E-state index contributed by atoms with van der Waals surface area (Å²) in [5, 5.41) is 40.2. The molecule has 0 radical (unpaired) electrons. The second kappa shape index (κ2) is 14.1. The van der Waals surface area contributed by atoms with Gasteiger partial charge in [0.05, 0.1) is 21.2 Å². The minimum atomic E-state index is -3.10. The fourth-order valence-electron chi connectivity index (χ4n) is 3.78. The number of carboxylic acids is 2. The number of anilines is 1. The number of hydrogen-bond donors (Lipinski definition) is 6. The molecule has 0 fully saturated rings. The summed E-state index contributed by atoms with van der Waals surface area (Å²) in [5.74, 6) is -3.36. The highest BCUT2D eigenvalue weighted by Crippen LogP contribution is 2.31. The number of carbonyl (C=O) groups is 2. The van der Waals surface area contributed by atoms with Crippen LogP contribution in [0.25, 0.3) is 0 Å². The van der Waals surface area contributed by atoms with Crippen LogP contribution in [0.5, 0.6) is 0 Å². The number of benzene rings is 2. The Hall–Kier alpha value is -2.70. The first kappa shape index (κ1) is 32.5. The lowest BCUT2D eigenvalue weighted by atomic mass is 10.0. The van der Waals surface area contributed by atoms with E-state index >= 15 is 0 Å². The van der Waals surface area contributed by atoms with Crippen LogP contribution in [0, 0.1) is 0 Å². The van der Waals surface area contributed by atoms with Crippen LogP contribution in [0.2, 0.25) is 5.02 Å². The van der Waals surface area contributed by atoms with E-state index in [2.05, 4.69) is 28.8 Å². The van der Waals surface area contributed by atoms with Gasteiger partial charge in [0.2, 0.25) is 0 Å². The molecule has 2 atom stereocenters. The minimum Gasteiger partial charge on any atom is -0.479 e.